The van der Waals surface area contributed by atoms with E-state index in [1.165, 1.54) is 38.5 Å². The van der Waals surface area contributed by atoms with Gasteiger partial charge >= 0.3 is 0 Å². The number of piperidine rings is 1. The molecule has 3 fully saturated rings. The number of carbonyl (C=O) groups is 1. The molecule has 0 unspecified atom stereocenters. The van der Waals surface area contributed by atoms with E-state index in [4.69, 9.17) is 0 Å². The van der Waals surface area contributed by atoms with Gasteiger partial charge in [-0.1, -0.05) is 12.8 Å². The van der Waals surface area contributed by atoms with Crippen LogP contribution < -0.4 is 5.32 Å². The van der Waals surface area contributed by atoms with Crippen molar-refractivity contribution in [1.29, 1.82) is 0 Å². The maximum Gasteiger partial charge on any atom is 0.232 e. The van der Waals surface area contributed by atoms with Crippen LogP contribution in [0.15, 0.2) is 0 Å². The lowest BCUT2D eigenvalue weighted by Gasteiger charge is -2.38. The van der Waals surface area contributed by atoms with Crippen molar-refractivity contribution in [3.63, 3.8) is 0 Å². The van der Waals surface area contributed by atoms with E-state index in [0.29, 0.717) is 16.9 Å². The molecule has 0 radical (unpaired) electrons. The molecule has 0 aromatic heterocycles. The summed E-state index contributed by atoms with van der Waals surface area (Å²) in [6.07, 6.45) is 7.98. The molecule has 1 aliphatic carbocycles. The second kappa shape index (κ2) is 7.84. The first-order valence-corrected chi connectivity index (χ1v) is 9.72. The molecule has 0 atom stereocenters. The van der Waals surface area contributed by atoms with Gasteiger partial charge in [-0.05, 0) is 38.8 Å². The molecule has 5 heteroatoms. The smallest absolute Gasteiger partial charge is 0.232 e. The third-order valence-electron chi connectivity index (χ3n) is 5.24. The van der Waals surface area contributed by atoms with Gasteiger partial charge in [0.1, 0.15) is 0 Å². The fourth-order valence-corrected chi connectivity index (χ4v) is 4.98. The van der Waals surface area contributed by atoms with E-state index >= 15 is 0 Å². The van der Waals surface area contributed by atoms with E-state index in [2.05, 4.69) is 15.1 Å². The highest BCUT2D eigenvalue weighted by molar-refractivity contribution is 8.00. The average Bonchev–Trinajstić information content (AvgIpc) is 3.08. The third kappa shape index (κ3) is 4.36. The van der Waals surface area contributed by atoms with Gasteiger partial charge in [0.15, 0.2) is 0 Å². The summed E-state index contributed by atoms with van der Waals surface area (Å²) in [4.78, 5) is 17.1. The zero-order chi connectivity index (χ0) is 14.5. The molecule has 2 aliphatic heterocycles. The Morgan fingerprint density at radius 1 is 1.00 bits per heavy atom. The molecule has 21 heavy (non-hydrogen) atoms. The van der Waals surface area contributed by atoms with Crippen molar-refractivity contribution in [3.8, 4) is 0 Å². The number of carbonyl (C=O) groups excluding carboxylic acids is 1. The minimum atomic E-state index is 0.365. The van der Waals surface area contributed by atoms with Crippen molar-refractivity contribution in [1.82, 2.24) is 15.1 Å². The number of hydrogen-bond acceptors (Lipinski definition) is 4. The Morgan fingerprint density at radius 2 is 1.67 bits per heavy atom. The number of amides is 1. The van der Waals surface area contributed by atoms with E-state index in [1.54, 1.807) is 0 Å². The molecule has 2 heterocycles. The van der Waals surface area contributed by atoms with Gasteiger partial charge in [-0.15, -0.1) is 11.8 Å². The monoisotopic (exact) mass is 311 g/mol. The molecule has 2 saturated heterocycles. The van der Waals surface area contributed by atoms with Crippen molar-refractivity contribution in [2.45, 2.75) is 49.8 Å². The highest BCUT2D eigenvalue weighted by Crippen LogP contribution is 2.25. The van der Waals surface area contributed by atoms with Crippen molar-refractivity contribution in [2.75, 3.05) is 45.0 Å². The minimum Gasteiger partial charge on any atom is -0.339 e. The zero-order valence-corrected chi connectivity index (χ0v) is 13.9. The van der Waals surface area contributed by atoms with E-state index in [-0.39, 0.29) is 0 Å². The Bertz CT molecular complexity index is 332. The lowest BCUT2D eigenvalue weighted by Crippen LogP contribution is -2.51. The van der Waals surface area contributed by atoms with E-state index in [0.717, 1.165) is 45.3 Å². The van der Waals surface area contributed by atoms with Crippen LogP contribution in [0.3, 0.4) is 0 Å². The Kier molecular flexibility index (Phi) is 5.83. The molecule has 120 valence electrons. The molecule has 3 aliphatic rings. The summed E-state index contributed by atoms with van der Waals surface area (Å²) >= 11 is 1.88. The third-order valence-corrected chi connectivity index (χ3v) is 6.59. The molecule has 0 bridgehead atoms. The van der Waals surface area contributed by atoms with E-state index in [9.17, 15) is 4.79 Å². The Hall–Kier alpha value is -0.260. The molecule has 4 nitrogen and oxygen atoms in total. The second-order valence-electron chi connectivity index (χ2n) is 6.62. The number of piperazine rings is 1. The van der Waals surface area contributed by atoms with Crippen molar-refractivity contribution >= 4 is 17.7 Å². The van der Waals surface area contributed by atoms with Crippen LogP contribution in [0.4, 0.5) is 0 Å². The lowest BCUT2D eigenvalue weighted by molar-refractivity contribution is -0.130. The number of rotatable bonds is 4. The molecule has 1 N–H and O–H groups in total. The normalized spacial score (nSPS) is 26.4. The van der Waals surface area contributed by atoms with Crippen molar-refractivity contribution in [3.05, 3.63) is 0 Å². The Morgan fingerprint density at radius 3 is 2.33 bits per heavy atom. The Labute approximate surface area is 133 Å². The first-order chi connectivity index (χ1) is 10.3. The molecule has 0 aromatic rings. The molecule has 0 aromatic carbocycles. The van der Waals surface area contributed by atoms with Gasteiger partial charge in [0, 0.05) is 37.5 Å². The maximum atomic E-state index is 12.3. The largest absolute Gasteiger partial charge is 0.339 e. The second-order valence-corrected chi connectivity index (χ2v) is 7.90. The van der Waals surface area contributed by atoms with Crippen LogP contribution in [0.2, 0.25) is 0 Å². The van der Waals surface area contributed by atoms with Crippen molar-refractivity contribution < 1.29 is 4.79 Å². The number of thioether (sulfide) groups is 1. The summed E-state index contributed by atoms with van der Waals surface area (Å²) in [5.74, 6) is 1.05. The van der Waals surface area contributed by atoms with Crippen LogP contribution in [0, 0.1) is 0 Å². The minimum absolute atomic E-state index is 0.365. The fraction of sp³-hybridized carbons (Fsp3) is 0.938. The molecular weight excluding hydrogens is 282 g/mol. The summed E-state index contributed by atoms with van der Waals surface area (Å²) in [6.45, 7) is 6.31. The number of hydrogen-bond donors (Lipinski definition) is 1. The molecular formula is C16H29N3OS. The summed E-state index contributed by atoms with van der Waals surface area (Å²) < 4.78 is 0. The summed E-state index contributed by atoms with van der Waals surface area (Å²) in [5, 5.41) is 4.07. The van der Waals surface area contributed by atoms with Crippen LogP contribution in [-0.4, -0.2) is 72.0 Å². The van der Waals surface area contributed by atoms with Crippen molar-refractivity contribution in [2.24, 2.45) is 0 Å². The first-order valence-electron chi connectivity index (χ1n) is 8.67. The molecule has 0 spiro atoms. The quantitative estimate of drug-likeness (QED) is 0.855. The van der Waals surface area contributed by atoms with Crippen LogP contribution in [0.25, 0.3) is 0 Å². The van der Waals surface area contributed by atoms with Gasteiger partial charge in [-0.2, -0.15) is 0 Å². The van der Waals surface area contributed by atoms with Gasteiger partial charge < -0.3 is 10.2 Å². The lowest BCUT2D eigenvalue weighted by atomic mass is 10.2. The maximum absolute atomic E-state index is 12.3. The predicted molar refractivity (Wildman–Crippen MR) is 88.8 cm³/mol. The first kappa shape index (κ1) is 15.6. The number of nitrogens with one attached hydrogen (secondary N) is 1. The fourth-order valence-electron chi connectivity index (χ4n) is 3.85. The van der Waals surface area contributed by atoms with Crippen LogP contribution >= 0.6 is 11.8 Å². The summed E-state index contributed by atoms with van der Waals surface area (Å²) in [6, 6.07) is 0.811. The average molecular weight is 311 g/mol. The Balaban J connectivity index is 1.36. The predicted octanol–water partition coefficient (Wildman–Crippen LogP) is 1.56. The van der Waals surface area contributed by atoms with E-state index < -0.39 is 0 Å². The van der Waals surface area contributed by atoms with Crippen LogP contribution in [0.1, 0.15) is 38.5 Å². The van der Waals surface area contributed by atoms with Gasteiger partial charge in [-0.25, -0.2) is 0 Å². The van der Waals surface area contributed by atoms with Crippen LogP contribution in [0.5, 0.6) is 0 Å². The number of nitrogens with zero attached hydrogens (tertiary/aromatic N) is 2. The van der Waals surface area contributed by atoms with Gasteiger partial charge in [0.2, 0.25) is 5.91 Å². The standard InChI is InChI=1S/C16H29N3OS/c20-16(13-21-15-5-7-17-8-6-15)19-11-9-18(10-12-19)14-3-1-2-4-14/h14-15,17H,1-13H2. The highest BCUT2D eigenvalue weighted by Gasteiger charge is 2.28. The molecule has 3 rings (SSSR count). The zero-order valence-electron chi connectivity index (χ0n) is 13.1. The van der Waals surface area contributed by atoms with Gasteiger partial charge in [0.25, 0.3) is 0 Å². The van der Waals surface area contributed by atoms with Gasteiger partial charge in [-0.3, -0.25) is 9.69 Å². The molecule has 1 saturated carbocycles. The SMILES string of the molecule is O=C(CSC1CCNCC1)N1CCN(C2CCCC2)CC1. The topological polar surface area (TPSA) is 35.6 Å². The molecule has 1 amide bonds. The summed E-state index contributed by atoms with van der Waals surface area (Å²) in [7, 11) is 0. The van der Waals surface area contributed by atoms with Gasteiger partial charge in [0.05, 0.1) is 5.75 Å². The van der Waals surface area contributed by atoms with E-state index in [1.807, 2.05) is 11.8 Å². The van der Waals surface area contributed by atoms with Crippen LogP contribution in [-0.2, 0) is 4.79 Å². The summed E-state index contributed by atoms with van der Waals surface area (Å²) in [5.41, 5.74) is 0. The highest BCUT2D eigenvalue weighted by atomic mass is 32.2.